The molecule has 0 bridgehead atoms. The molecule has 2 fully saturated rings. The van der Waals surface area contributed by atoms with Crippen molar-refractivity contribution >= 4 is 27.5 Å². The highest BCUT2D eigenvalue weighted by atomic mass is 32.2. The summed E-state index contributed by atoms with van der Waals surface area (Å²) in [5, 5.41) is 3.25. The summed E-state index contributed by atoms with van der Waals surface area (Å²) in [5.41, 5.74) is 0.487. The van der Waals surface area contributed by atoms with E-state index in [1.807, 2.05) is 0 Å². The summed E-state index contributed by atoms with van der Waals surface area (Å²) >= 11 is 0. The first-order valence-electron chi connectivity index (χ1n) is 12.6. The normalized spacial score (nSPS) is 27.4. The number of hydrogen-bond acceptors (Lipinski definition) is 5. The van der Waals surface area contributed by atoms with Crippen LogP contribution in [-0.4, -0.2) is 46.0 Å². The lowest BCUT2D eigenvalue weighted by atomic mass is 9.81. The molecule has 0 atom stereocenters. The molecule has 2 amide bonds. The molecule has 2 N–H and O–H groups in total. The Bertz CT molecular complexity index is 996. The number of nitrogens with zero attached hydrogens (tertiary/aromatic N) is 1. The lowest BCUT2D eigenvalue weighted by molar-refractivity contribution is -0.127. The smallest absolute Gasteiger partial charge is 0.240 e. The van der Waals surface area contributed by atoms with Gasteiger partial charge in [0.05, 0.1) is 17.1 Å². The number of sulfonamides is 1. The van der Waals surface area contributed by atoms with E-state index in [0.717, 1.165) is 44.4 Å². The molecule has 1 aromatic carbocycles. The van der Waals surface area contributed by atoms with Crippen LogP contribution in [-0.2, 0) is 19.6 Å². The predicted molar refractivity (Wildman–Crippen MR) is 130 cm³/mol. The number of nitrogens with one attached hydrogen (secondary N) is 2. The van der Waals surface area contributed by atoms with Crippen LogP contribution in [0, 0.1) is 17.8 Å². The van der Waals surface area contributed by atoms with Crippen LogP contribution in [0.4, 0.5) is 5.69 Å². The molecule has 8 nitrogen and oxygen atoms in total. The van der Waals surface area contributed by atoms with Crippen LogP contribution >= 0.6 is 0 Å². The second kappa shape index (κ2) is 10.6. The lowest BCUT2D eigenvalue weighted by Gasteiger charge is -2.31. The number of carbonyl (C=O) groups excluding carboxylic acids is 2. The predicted octanol–water partition coefficient (Wildman–Crippen LogP) is 3.21. The zero-order valence-corrected chi connectivity index (χ0v) is 21.0. The maximum Gasteiger partial charge on any atom is 0.240 e. The number of benzene rings is 1. The van der Waals surface area contributed by atoms with Crippen molar-refractivity contribution in [2.24, 2.45) is 17.8 Å². The van der Waals surface area contributed by atoms with Gasteiger partial charge in [-0.3, -0.25) is 9.59 Å². The lowest BCUT2D eigenvalue weighted by Crippen LogP contribution is -2.42. The number of carbonyl (C=O) groups is 2. The third-order valence-electron chi connectivity index (χ3n) is 7.63. The maximum absolute atomic E-state index is 12.9. The minimum atomic E-state index is -3.72. The van der Waals surface area contributed by atoms with Gasteiger partial charge in [-0.2, -0.15) is 0 Å². The van der Waals surface area contributed by atoms with Crippen LogP contribution in [0.15, 0.2) is 23.1 Å². The molecule has 0 unspecified atom stereocenters. The van der Waals surface area contributed by atoms with Crippen molar-refractivity contribution in [3.05, 3.63) is 18.2 Å². The van der Waals surface area contributed by atoms with Gasteiger partial charge in [-0.15, -0.1) is 0 Å². The van der Waals surface area contributed by atoms with Gasteiger partial charge in [-0.25, -0.2) is 13.1 Å². The SMILES string of the molecule is CC(=O)N1CCOc2ccc(S(=O)(=O)NCC3CCC(C(=O)NC4CCC(C)CC4)CC3)cc21. The highest BCUT2D eigenvalue weighted by Crippen LogP contribution is 2.34. The molecule has 4 rings (SSSR count). The first kappa shape index (κ1) is 25.0. The fourth-order valence-electron chi connectivity index (χ4n) is 5.35. The van der Waals surface area contributed by atoms with Crippen molar-refractivity contribution in [3.63, 3.8) is 0 Å². The number of anilines is 1. The standard InChI is InChI=1S/C25H37N3O5S/c1-17-3-9-21(10-4-17)27-25(30)20-7-5-19(6-8-20)16-26-34(31,32)22-11-12-24-23(15-22)28(18(2)29)13-14-33-24/h11-12,15,17,19-21,26H,3-10,13-14,16H2,1-2H3,(H,27,30). The van der Waals surface area contributed by atoms with Crippen LogP contribution in [0.1, 0.15) is 65.2 Å². The average molecular weight is 492 g/mol. The Morgan fingerprint density at radius 2 is 1.76 bits per heavy atom. The molecule has 2 saturated carbocycles. The molecule has 0 saturated heterocycles. The minimum Gasteiger partial charge on any atom is -0.490 e. The van der Waals surface area contributed by atoms with Crippen molar-refractivity contribution in [1.82, 2.24) is 10.0 Å². The van der Waals surface area contributed by atoms with Crippen LogP contribution < -0.4 is 19.7 Å². The zero-order valence-electron chi connectivity index (χ0n) is 20.2. The third-order valence-corrected chi connectivity index (χ3v) is 9.05. The molecule has 0 spiro atoms. The molecule has 1 aliphatic heterocycles. The second-order valence-corrected chi connectivity index (χ2v) is 12.0. The van der Waals surface area contributed by atoms with Gasteiger partial charge in [0.25, 0.3) is 0 Å². The van der Waals surface area contributed by atoms with Crippen molar-refractivity contribution < 1.29 is 22.7 Å². The van der Waals surface area contributed by atoms with Gasteiger partial charge in [-0.05, 0) is 81.4 Å². The number of ether oxygens (including phenoxy) is 1. The van der Waals surface area contributed by atoms with Gasteiger partial charge in [0.15, 0.2) is 0 Å². The Hall–Kier alpha value is -2.13. The van der Waals surface area contributed by atoms with E-state index in [9.17, 15) is 18.0 Å². The molecule has 1 aromatic rings. The van der Waals surface area contributed by atoms with Crippen LogP contribution in [0.3, 0.4) is 0 Å². The van der Waals surface area contributed by atoms with Crippen molar-refractivity contribution in [2.75, 3.05) is 24.6 Å². The van der Waals surface area contributed by atoms with E-state index in [4.69, 9.17) is 4.74 Å². The molecule has 188 valence electrons. The van der Waals surface area contributed by atoms with Gasteiger partial charge in [0.1, 0.15) is 12.4 Å². The van der Waals surface area contributed by atoms with Crippen molar-refractivity contribution in [1.29, 1.82) is 0 Å². The Labute approximate surface area is 202 Å². The molecule has 2 aliphatic carbocycles. The number of hydrogen-bond donors (Lipinski definition) is 2. The summed E-state index contributed by atoms with van der Waals surface area (Å²) < 4.78 is 34.2. The summed E-state index contributed by atoms with van der Waals surface area (Å²) in [6.07, 6.45) is 7.77. The molecular weight excluding hydrogens is 454 g/mol. The van der Waals surface area contributed by atoms with E-state index < -0.39 is 10.0 Å². The highest BCUT2D eigenvalue weighted by molar-refractivity contribution is 7.89. The summed E-state index contributed by atoms with van der Waals surface area (Å²) in [6.45, 7) is 4.86. The number of fused-ring (bicyclic) bond motifs is 1. The Kier molecular flexibility index (Phi) is 7.82. The third kappa shape index (κ3) is 5.92. The molecule has 9 heteroatoms. The summed E-state index contributed by atoms with van der Waals surface area (Å²) in [7, 11) is -3.72. The average Bonchev–Trinajstić information content (AvgIpc) is 2.83. The van der Waals surface area contributed by atoms with Crippen LogP contribution in [0.2, 0.25) is 0 Å². The van der Waals surface area contributed by atoms with Crippen molar-refractivity contribution in [2.45, 2.75) is 76.2 Å². The van der Waals surface area contributed by atoms with E-state index in [-0.39, 0.29) is 28.5 Å². The number of amides is 2. The first-order chi connectivity index (χ1) is 16.2. The first-order valence-corrected chi connectivity index (χ1v) is 14.1. The highest BCUT2D eigenvalue weighted by Gasteiger charge is 2.30. The number of rotatable bonds is 6. The van der Waals surface area contributed by atoms with Gasteiger partial charge < -0.3 is 15.0 Å². The second-order valence-electron chi connectivity index (χ2n) is 10.2. The molecule has 3 aliphatic rings. The summed E-state index contributed by atoms with van der Waals surface area (Å²) in [5.74, 6) is 1.54. The largest absolute Gasteiger partial charge is 0.490 e. The Morgan fingerprint density at radius 1 is 1.06 bits per heavy atom. The molecule has 0 radical (unpaired) electrons. The Morgan fingerprint density at radius 3 is 2.44 bits per heavy atom. The summed E-state index contributed by atoms with van der Waals surface area (Å²) in [6, 6.07) is 4.94. The quantitative estimate of drug-likeness (QED) is 0.636. The van der Waals surface area contributed by atoms with Crippen LogP contribution in [0.5, 0.6) is 5.75 Å². The monoisotopic (exact) mass is 491 g/mol. The van der Waals surface area contributed by atoms with Gasteiger partial charge in [0, 0.05) is 25.4 Å². The van der Waals surface area contributed by atoms with E-state index in [0.29, 0.717) is 37.2 Å². The fraction of sp³-hybridized carbons (Fsp3) is 0.680. The molecule has 34 heavy (non-hydrogen) atoms. The van der Waals surface area contributed by atoms with E-state index in [1.165, 1.54) is 36.8 Å². The minimum absolute atomic E-state index is 0.0328. The molecular formula is C25H37N3O5S. The van der Waals surface area contributed by atoms with Crippen LogP contribution in [0.25, 0.3) is 0 Å². The maximum atomic E-state index is 12.9. The van der Waals surface area contributed by atoms with E-state index in [1.54, 1.807) is 6.07 Å². The fourth-order valence-corrected chi connectivity index (χ4v) is 6.49. The Balaban J connectivity index is 1.28. The molecule has 0 aromatic heterocycles. The summed E-state index contributed by atoms with van der Waals surface area (Å²) in [4.78, 5) is 26.3. The topological polar surface area (TPSA) is 105 Å². The van der Waals surface area contributed by atoms with Crippen molar-refractivity contribution in [3.8, 4) is 5.75 Å². The van der Waals surface area contributed by atoms with Gasteiger partial charge in [-0.1, -0.05) is 6.92 Å². The van der Waals surface area contributed by atoms with Gasteiger partial charge >= 0.3 is 0 Å². The van der Waals surface area contributed by atoms with E-state index in [2.05, 4.69) is 17.0 Å². The molecule has 1 heterocycles. The van der Waals surface area contributed by atoms with E-state index >= 15 is 0 Å². The zero-order chi connectivity index (χ0) is 24.3. The van der Waals surface area contributed by atoms with Gasteiger partial charge in [0.2, 0.25) is 21.8 Å².